The second kappa shape index (κ2) is 11.5. The first-order valence-electron chi connectivity index (χ1n) is 11.9. The SMILES string of the molecule is CC(C)(C)[Si](C)(C)OC(/C=C/C1CCCC(O)(CC(=O)O)C1)CCCOc1ccccc1. The first-order chi connectivity index (χ1) is 14.9. The van der Waals surface area contributed by atoms with Gasteiger partial charge in [0.1, 0.15) is 5.75 Å². The molecular formula is C26H42O5Si. The van der Waals surface area contributed by atoms with Crippen molar-refractivity contribution in [2.24, 2.45) is 5.92 Å². The third kappa shape index (κ3) is 8.72. The molecule has 5 nitrogen and oxygen atoms in total. The average molecular weight is 463 g/mol. The second-order valence-electron chi connectivity index (χ2n) is 10.8. The van der Waals surface area contributed by atoms with Crippen LogP contribution in [0.15, 0.2) is 42.5 Å². The van der Waals surface area contributed by atoms with Crippen LogP contribution >= 0.6 is 0 Å². The van der Waals surface area contributed by atoms with Gasteiger partial charge in [-0.2, -0.15) is 0 Å². The molecule has 1 aromatic rings. The molecule has 3 atom stereocenters. The molecule has 0 bridgehead atoms. The van der Waals surface area contributed by atoms with Crippen LogP contribution in [0.5, 0.6) is 5.75 Å². The van der Waals surface area contributed by atoms with Gasteiger partial charge in [-0.1, -0.05) is 51.1 Å². The summed E-state index contributed by atoms with van der Waals surface area (Å²) in [6.07, 6.45) is 8.74. The van der Waals surface area contributed by atoms with Gasteiger partial charge in [0.15, 0.2) is 8.32 Å². The summed E-state index contributed by atoms with van der Waals surface area (Å²) in [5, 5.41) is 20.0. The molecule has 0 saturated heterocycles. The highest BCUT2D eigenvalue weighted by atomic mass is 28.4. The Morgan fingerprint density at radius 3 is 2.59 bits per heavy atom. The maximum Gasteiger partial charge on any atom is 0.306 e. The Morgan fingerprint density at radius 1 is 1.28 bits per heavy atom. The van der Waals surface area contributed by atoms with Gasteiger partial charge in [-0.3, -0.25) is 4.79 Å². The molecule has 0 spiro atoms. The zero-order valence-corrected chi connectivity index (χ0v) is 21.5. The molecule has 1 aliphatic carbocycles. The number of carboxylic acids is 1. The van der Waals surface area contributed by atoms with Crippen molar-refractivity contribution in [2.45, 2.75) is 95.6 Å². The van der Waals surface area contributed by atoms with E-state index in [1.54, 1.807) is 0 Å². The minimum atomic E-state index is -1.95. The number of hydrogen-bond acceptors (Lipinski definition) is 4. The molecule has 180 valence electrons. The third-order valence-corrected chi connectivity index (χ3v) is 11.3. The van der Waals surface area contributed by atoms with Gasteiger partial charge in [-0.25, -0.2) is 0 Å². The molecule has 2 rings (SSSR count). The Balaban J connectivity index is 2.00. The number of allylic oxidation sites excluding steroid dienone is 1. The molecule has 2 N–H and O–H groups in total. The van der Waals surface area contributed by atoms with E-state index in [4.69, 9.17) is 14.3 Å². The van der Waals surface area contributed by atoms with E-state index in [9.17, 15) is 9.90 Å². The third-order valence-electron chi connectivity index (χ3n) is 6.83. The Labute approximate surface area is 195 Å². The van der Waals surface area contributed by atoms with Crippen molar-refractivity contribution in [2.75, 3.05) is 6.61 Å². The fourth-order valence-electron chi connectivity index (χ4n) is 4.01. The van der Waals surface area contributed by atoms with Crippen molar-refractivity contribution >= 4 is 14.3 Å². The molecule has 3 unspecified atom stereocenters. The number of para-hydroxylation sites is 1. The number of rotatable bonds is 11. The summed E-state index contributed by atoms with van der Waals surface area (Å²) in [5.41, 5.74) is -1.10. The van der Waals surface area contributed by atoms with Gasteiger partial charge in [0.25, 0.3) is 0 Å². The van der Waals surface area contributed by atoms with E-state index < -0.39 is 19.9 Å². The van der Waals surface area contributed by atoms with E-state index in [0.29, 0.717) is 19.4 Å². The highest BCUT2D eigenvalue weighted by Gasteiger charge is 2.39. The zero-order valence-electron chi connectivity index (χ0n) is 20.5. The number of carboxylic acid groups (broad SMARTS) is 1. The molecular weight excluding hydrogens is 420 g/mol. The van der Waals surface area contributed by atoms with Crippen LogP contribution < -0.4 is 4.74 Å². The van der Waals surface area contributed by atoms with Crippen LogP contribution in [-0.2, 0) is 9.22 Å². The fourth-order valence-corrected chi connectivity index (χ4v) is 5.32. The number of aliphatic hydroxyl groups is 1. The molecule has 0 radical (unpaired) electrons. The maximum absolute atomic E-state index is 11.1. The first-order valence-corrected chi connectivity index (χ1v) is 14.8. The van der Waals surface area contributed by atoms with Crippen LogP contribution in [-0.4, -0.2) is 42.8 Å². The number of carbonyl (C=O) groups is 1. The van der Waals surface area contributed by atoms with Gasteiger partial charge in [0.2, 0.25) is 0 Å². The average Bonchev–Trinajstić information content (AvgIpc) is 2.68. The standard InChI is InChI=1S/C26H42O5Si/c1-25(2,3)32(4,5)31-23(14-10-18-30-22-12-7-6-8-13-22)16-15-21-11-9-17-26(29,19-21)20-24(27)28/h6-8,12-13,15-16,21,23,29H,9-11,14,17-20H2,1-5H3,(H,27,28)/b16-15+. The second-order valence-corrected chi connectivity index (χ2v) is 15.5. The smallest absolute Gasteiger partial charge is 0.306 e. The monoisotopic (exact) mass is 462 g/mol. The minimum absolute atomic E-state index is 0.00948. The zero-order chi connectivity index (χ0) is 23.8. The highest BCUT2D eigenvalue weighted by molar-refractivity contribution is 6.74. The summed E-state index contributed by atoms with van der Waals surface area (Å²) in [5.74, 6) is 0.124. The lowest BCUT2D eigenvalue weighted by Crippen LogP contribution is -2.43. The molecule has 0 heterocycles. The molecule has 1 aromatic carbocycles. The lowest BCUT2D eigenvalue weighted by Gasteiger charge is -2.39. The lowest BCUT2D eigenvalue weighted by atomic mass is 9.76. The van der Waals surface area contributed by atoms with Crippen LogP contribution in [0.1, 0.15) is 65.7 Å². The topological polar surface area (TPSA) is 76.0 Å². The molecule has 6 heteroatoms. The van der Waals surface area contributed by atoms with Crippen LogP contribution in [0.2, 0.25) is 18.1 Å². The predicted octanol–water partition coefficient (Wildman–Crippen LogP) is 6.19. The van der Waals surface area contributed by atoms with E-state index in [1.165, 1.54) is 0 Å². The number of benzene rings is 1. The van der Waals surface area contributed by atoms with E-state index in [2.05, 4.69) is 46.0 Å². The summed E-state index contributed by atoms with van der Waals surface area (Å²) < 4.78 is 12.6. The van der Waals surface area contributed by atoms with E-state index in [1.807, 2.05) is 30.3 Å². The van der Waals surface area contributed by atoms with Crippen molar-refractivity contribution in [1.82, 2.24) is 0 Å². The van der Waals surface area contributed by atoms with Crippen LogP contribution in [0.3, 0.4) is 0 Å². The van der Waals surface area contributed by atoms with Crippen molar-refractivity contribution in [1.29, 1.82) is 0 Å². The summed E-state index contributed by atoms with van der Waals surface area (Å²) >= 11 is 0. The summed E-state index contributed by atoms with van der Waals surface area (Å²) in [6, 6.07) is 9.84. The molecule has 1 aliphatic rings. The van der Waals surface area contributed by atoms with Crippen LogP contribution in [0.4, 0.5) is 0 Å². The number of hydrogen-bond donors (Lipinski definition) is 2. The summed E-state index contributed by atoms with van der Waals surface area (Å²) in [7, 11) is -1.95. The first kappa shape index (κ1) is 26.6. The Bertz CT molecular complexity index is 740. The maximum atomic E-state index is 11.1. The summed E-state index contributed by atoms with van der Waals surface area (Å²) in [6.45, 7) is 11.9. The van der Waals surface area contributed by atoms with Crippen molar-refractivity contribution in [3.8, 4) is 5.75 Å². The Hall–Kier alpha value is -1.63. The fraction of sp³-hybridized carbons (Fsp3) is 0.654. The van der Waals surface area contributed by atoms with Gasteiger partial charge in [0.05, 0.1) is 24.7 Å². The van der Waals surface area contributed by atoms with Gasteiger partial charge < -0.3 is 19.4 Å². The van der Waals surface area contributed by atoms with Gasteiger partial charge >= 0.3 is 5.97 Å². The Kier molecular flexibility index (Phi) is 9.55. The molecule has 0 aromatic heterocycles. The highest BCUT2D eigenvalue weighted by Crippen LogP contribution is 2.39. The van der Waals surface area contributed by atoms with E-state index >= 15 is 0 Å². The number of ether oxygens (including phenoxy) is 1. The molecule has 0 amide bonds. The van der Waals surface area contributed by atoms with Gasteiger partial charge in [-0.15, -0.1) is 0 Å². The molecule has 32 heavy (non-hydrogen) atoms. The predicted molar refractivity (Wildman–Crippen MR) is 132 cm³/mol. The molecule has 1 fully saturated rings. The largest absolute Gasteiger partial charge is 0.494 e. The minimum Gasteiger partial charge on any atom is -0.494 e. The quantitative estimate of drug-likeness (QED) is 0.233. The van der Waals surface area contributed by atoms with Crippen LogP contribution in [0.25, 0.3) is 0 Å². The lowest BCUT2D eigenvalue weighted by molar-refractivity contribution is -0.144. The summed E-state index contributed by atoms with van der Waals surface area (Å²) in [4.78, 5) is 11.1. The van der Waals surface area contributed by atoms with Crippen molar-refractivity contribution in [3.63, 3.8) is 0 Å². The van der Waals surface area contributed by atoms with Crippen LogP contribution in [0, 0.1) is 5.92 Å². The normalized spacial score (nSPS) is 23.2. The van der Waals surface area contributed by atoms with Crippen molar-refractivity contribution < 1.29 is 24.2 Å². The van der Waals surface area contributed by atoms with Crippen molar-refractivity contribution in [3.05, 3.63) is 42.5 Å². The number of aliphatic carboxylic acids is 1. The van der Waals surface area contributed by atoms with Gasteiger partial charge in [0, 0.05) is 0 Å². The van der Waals surface area contributed by atoms with E-state index in [-0.39, 0.29) is 23.5 Å². The van der Waals surface area contributed by atoms with Gasteiger partial charge in [-0.05, 0) is 74.7 Å². The molecule has 1 saturated carbocycles. The van der Waals surface area contributed by atoms with E-state index in [0.717, 1.165) is 31.4 Å². The Morgan fingerprint density at radius 2 is 1.97 bits per heavy atom. The molecule has 0 aliphatic heterocycles.